The van der Waals surface area contributed by atoms with Gasteiger partial charge in [-0.3, -0.25) is 4.79 Å². The van der Waals surface area contributed by atoms with Crippen LogP contribution in [0.3, 0.4) is 0 Å². The smallest absolute Gasteiger partial charge is 0.254 e. The third-order valence-corrected chi connectivity index (χ3v) is 4.77. The van der Waals surface area contributed by atoms with Crippen LogP contribution < -0.4 is 14.4 Å². The van der Waals surface area contributed by atoms with E-state index in [1.165, 1.54) is 0 Å². The van der Waals surface area contributed by atoms with E-state index in [0.717, 1.165) is 6.42 Å². The SMILES string of the molecule is COc1cc(C(=O)N2CCN(c3ncccn3)CC2)ccc1OCCC(C)C. The lowest BCUT2D eigenvalue weighted by Crippen LogP contribution is -2.49. The van der Waals surface area contributed by atoms with Crippen LogP contribution in [0.4, 0.5) is 5.95 Å². The molecule has 28 heavy (non-hydrogen) atoms. The molecule has 1 aliphatic rings. The van der Waals surface area contributed by atoms with E-state index < -0.39 is 0 Å². The van der Waals surface area contributed by atoms with E-state index in [0.29, 0.717) is 61.7 Å². The lowest BCUT2D eigenvalue weighted by Gasteiger charge is -2.34. The Bertz CT molecular complexity index is 774. The Morgan fingerprint density at radius 1 is 1.11 bits per heavy atom. The van der Waals surface area contributed by atoms with Gasteiger partial charge in [0.15, 0.2) is 11.5 Å². The van der Waals surface area contributed by atoms with Crippen molar-refractivity contribution in [3.05, 3.63) is 42.2 Å². The molecular weight excluding hydrogens is 356 g/mol. The predicted molar refractivity (Wildman–Crippen MR) is 108 cm³/mol. The second-order valence-electron chi connectivity index (χ2n) is 7.22. The molecule has 150 valence electrons. The molecule has 0 aliphatic carbocycles. The van der Waals surface area contributed by atoms with Crippen molar-refractivity contribution in [3.63, 3.8) is 0 Å². The van der Waals surface area contributed by atoms with Crippen LogP contribution in [0.2, 0.25) is 0 Å². The maximum absolute atomic E-state index is 12.9. The molecule has 2 heterocycles. The fraction of sp³-hybridized carbons (Fsp3) is 0.476. The minimum Gasteiger partial charge on any atom is -0.493 e. The molecule has 0 spiro atoms. The molecular formula is C21H28N4O3. The first kappa shape index (κ1) is 19.9. The van der Waals surface area contributed by atoms with Crippen molar-refractivity contribution < 1.29 is 14.3 Å². The molecule has 0 N–H and O–H groups in total. The Hall–Kier alpha value is -2.83. The summed E-state index contributed by atoms with van der Waals surface area (Å²) < 4.78 is 11.2. The number of piperazine rings is 1. The fourth-order valence-corrected chi connectivity index (χ4v) is 3.07. The number of hydrogen-bond donors (Lipinski definition) is 0. The van der Waals surface area contributed by atoms with Gasteiger partial charge >= 0.3 is 0 Å². The number of benzene rings is 1. The van der Waals surface area contributed by atoms with Crippen molar-refractivity contribution in [2.75, 3.05) is 44.8 Å². The summed E-state index contributed by atoms with van der Waals surface area (Å²) in [6.07, 6.45) is 4.44. The second-order valence-corrected chi connectivity index (χ2v) is 7.22. The summed E-state index contributed by atoms with van der Waals surface area (Å²) in [7, 11) is 1.59. The number of anilines is 1. The molecule has 0 bridgehead atoms. The van der Waals surface area contributed by atoms with Crippen LogP contribution in [0.25, 0.3) is 0 Å². The molecule has 7 heteroatoms. The van der Waals surface area contributed by atoms with Crippen LogP contribution in [0.1, 0.15) is 30.6 Å². The van der Waals surface area contributed by atoms with E-state index in [2.05, 4.69) is 28.7 Å². The normalized spacial score (nSPS) is 14.3. The van der Waals surface area contributed by atoms with Gasteiger partial charge in [-0.15, -0.1) is 0 Å². The van der Waals surface area contributed by atoms with Gasteiger partial charge in [-0.05, 0) is 36.6 Å². The standard InChI is InChI=1S/C21H28N4O3/c1-16(2)7-14-28-18-6-5-17(15-19(18)27-3)20(26)24-10-12-25(13-11-24)21-22-8-4-9-23-21/h4-6,8-9,15-16H,7,10-14H2,1-3H3. The molecule has 2 aromatic rings. The average molecular weight is 384 g/mol. The topological polar surface area (TPSA) is 67.8 Å². The second kappa shape index (κ2) is 9.39. The van der Waals surface area contributed by atoms with E-state index >= 15 is 0 Å². The van der Waals surface area contributed by atoms with Gasteiger partial charge in [-0.25, -0.2) is 9.97 Å². The van der Waals surface area contributed by atoms with E-state index in [1.807, 2.05) is 17.0 Å². The van der Waals surface area contributed by atoms with E-state index in [-0.39, 0.29) is 5.91 Å². The third kappa shape index (κ3) is 4.91. The molecule has 1 aromatic heterocycles. The number of carbonyl (C=O) groups is 1. The number of amides is 1. The van der Waals surface area contributed by atoms with Gasteiger partial charge in [-0.2, -0.15) is 0 Å². The van der Waals surface area contributed by atoms with Crippen molar-refractivity contribution in [2.24, 2.45) is 5.92 Å². The largest absolute Gasteiger partial charge is 0.493 e. The number of ether oxygens (including phenoxy) is 2. The Balaban J connectivity index is 1.61. The highest BCUT2D eigenvalue weighted by Crippen LogP contribution is 2.29. The molecule has 0 unspecified atom stereocenters. The van der Waals surface area contributed by atoms with Crippen LogP contribution in [0.5, 0.6) is 11.5 Å². The fourth-order valence-electron chi connectivity index (χ4n) is 3.07. The summed E-state index contributed by atoms with van der Waals surface area (Å²) >= 11 is 0. The maximum Gasteiger partial charge on any atom is 0.254 e. The van der Waals surface area contributed by atoms with Gasteiger partial charge in [0.1, 0.15) is 0 Å². The summed E-state index contributed by atoms with van der Waals surface area (Å²) in [6.45, 7) is 7.63. The maximum atomic E-state index is 12.9. The number of aromatic nitrogens is 2. The first-order chi connectivity index (χ1) is 13.6. The van der Waals surface area contributed by atoms with Crippen LogP contribution >= 0.6 is 0 Å². The molecule has 0 atom stereocenters. The molecule has 1 saturated heterocycles. The van der Waals surface area contributed by atoms with Crippen molar-refractivity contribution in [1.82, 2.24) is 14.9 Å². The minimum atomic E-state index is 0.000612. The minimum absolute atomic E-state index is 0.000612. The highest BCUT2D eigenvalue weighted by atomic mass is 16.5. The first-order valence-electron chi connectivity index (χ1n) is 9.70. The van der Waals surface area contributed by atoms with Gasteiger partial charge < -0.3 is 19.3 Å². The highest BCUT2D eigenvalue weighted by Gasteiger charge is 2.24. The van der Waals surface area contributed by atoms with E-state index in [4.69, 9.17) is 9.47 Å². The predicted octanol–water partition coefficient (Wildman–Crippen LogP) is 2.87. The summed E-state index contributed by atoms with van der Waals surface area (Å²) in [5.74, 6) is 2.54. The van der Waals surface area contributed by atoms with Gasteiger partial charge in [0.05, 0.1) is 13.7 Å². The van der Waals surface area contributed by atoms with Gasteiger partial charge in [0.25, 0.3) is 5.91 Å². The molecule has 0 radical (unpaired) electrons. The molecule has 0 saturated carbocycles. The molecule has 1 aliphatic heterocycles. The lowest BCUT2D eigenvalue weighted by atomic mass is 10.1. The zero-order chi connectivity index (χ0) is 19.9. The molecule has 1 aromatic carbocycles. The number of rotatable bonds is 7. The van der Waals surface area contributed by atoms with Crippen molar-refractivity contribution >= 4 is 11.9 Å². The quantitative estimate of drug-likeness (QED) is 0.731. The molecule has 3 rings (SSSR count). The summed E-state index contributed by atoms with van der Waals surface area (Å²) in [6, 6.07) is 7.19. The average Bonchev–Trinajstić information content (AvgIpc) is 2.74. The number of hydrogen-bond acceptors (Lipinski definition) is 6. The van der Waals surface area contributed by atoms with Crippen LogP contribution in [-0.2, 0) is 0 Å². The van der Waals surface area contributed by atoms with Crippen molar-refractivity contribution in [1.29, 1.82) is 0 Å². The van der Waals surface area contributed by atoms with Crippen molar-refractivity contribution in [2.45, 2.75) is 20.3 Å². The van der Waals surface area contributed by atoms with Gasteiger partial charge in [0.2, 0.25) is 5.95 Å². The zero-order valence-corrected chi connectivity index (χ0v) is 16.8. The summed E-state index contributed by atoms with van der Waals surface area (Å²) in [5, 5.41) is 0. The van der Waals surface area contributed by atoms with Gasteiger partial charge in [-0.1, -0.05) is 13.8 Å². The van der Waals surface area contributed by atoms with E-state index in [9.17, 15) is 4.79 Å². The Kier molecular flexibility index (Phi) is 6.68. The number of methoxy groups -OCH3 is 1. The molecule has 1 amide bonds. The monoisotopic (exact) mass is 384 g/mol. The highest BCUT2D eigenvalue weighted by molar-refractivity contribution is 5.95. The molecule has 7 nitrogen and oxygen atoms in total. The van der Waals surface area contributed by atoms with Crippen LogP contribution in [0.15, 0.2) is 36.7 Å². The van der Waals surface area contributed by atoms with Crippen LogP contribution in [-0.4, -0.2) is 60.7 Å². The Morgan fingerprint density at radius 2 is 1.82 bits per heavy atom. The number of nitrogens with zero attached hydrogens (tertiary/aromatic N) is 4. The number of carbonyl (C=O) groups excluding carboxylic acids is 1. The lowest BCUT2D eigenvalue weighted by molar-refractivity contribution is 0.0745. The first-order valence-corrected chi connectivity index (χ1v) is 9.70. The Morgan fingerprint density at radius 3 is 2.46 bits per heavy atom. The van der Waals surface area contributed by atoms with Crippen LogP contribution in [0, 0.1) is 5.92 Å². The van der Waals surface area contributed by atoms with Crippen molar-refractivity contribution in [3.8, 4) is 11.5 Å². The summed E-state index contributed by atoms with van der Waals surface area (Å²) in [4.78, 5) is 25.4. The summed E-state index contributed by atoms with van der Waals surface area (Å²) in [5.41, 5.74) is 0.609. The zero-order valence-electron chi connectivity index (χ0n) is 16.8. The Labute approximate surface area is 166 Å². The van der Waals surface area contributed by atoms with E-state index in [1.54, 1.807) is 31.6 Å². The third-order valence-electron chi connectivity index (χ3n) is 4.77. The van der Waals surface area contributed by atoms with Gasteiger partial charge in [0, 0.05) is 44.1 Å². The molecule has 1 fully saturated rings.